The third-order valence-corrected chi connectivity index (χ3v) is 6.59. The summed E-state index contributed by atoms with van der Waals surface area (Å²) in [6, 6.07) is 9.50. The van der Waals surface area contributed by atoms with E-state index in [1.165, 1.54) is 24.3 Å². The molecule has 200 valence electrons. The van der Waals surface area contributed by atoms with Gasteiger partial charge in [-0.2, -0.15) is 26.3 Å². The molecule has 0 radical (unpaired) electrons. The van der Waals surface area contributed by atoms with Crippen LogP contribution in [-0.4, -0.2) is 30.4 Å². The number of oxime groups is 1. The van der Waals surface area contributed by atoms with Gasteiger partial charge in [-0.25, -0.2) is 4.79 Å². The molecule has 0 saturated carbocycles. The van der Waals surface area contributed by atoms with Crippen LogP contribution in [0.15, 0.2) is 53.7 Å². The zero-order chi connectivity index (χ0) is 28.0. The second-order valence-corrected chi connectivity index (χ2v) is 8.98. The molecule has 3 aromatic carbocycles. The molecular weight excluding hydrogens is 565 g/mol. The predicted molar refractivity (Wildman–Crippen MR) is 125 cm³/mol. The van der Waals surface area contributed by atoms with Gasteiger partial charge in [-0.3, -0.25) is 4.79 Å². The van der Waals surface area contributed by atoms with Gasteiger partial charge in [0, 0.05) is 17.5 Å². The average molecular weight is 579 g/mol. The molecule has 1 amide bonds. The molecule has 1 aliphatic heterocycles. The lowest BCUT2D eigenvalue weighted by Gasteiger charge is -2.30. The Labute approximate surface area is 219 Å². The molecule has 4 rings (SSSR count). The number of amides is 1. The van der Waals surface area contributed by atoms with Crippen molar-refractivity contribution in [2.75, 3.05) is 6.61 Å². The molecule has 1 aliphatic rings. The van der Waals surface area contributed by atoms with Crippen molar-refractivity contribution in [2.45, 2.75) is 24.4 Å². The summed E-state index contributed by atoms with van der Waals surface area (Å²) in [5.41, 5.74) is -0.976. The fraction of sp³-hybridized carbons (Fsp3) is 0.208. The molecule has 0 bridgehead atoms. The highest BCUT2D eigenvalue weighted by Crippen LogP contribution is 2.51. The average Bonchev–Trinajstić information content (AvgIpc) is 3.29. The first-order valence-corrected chi connectivity index (χ1v) is 11.3. The second kappa shape index (κ2) is 9.66. The maximum atomic E-state index is 14.4. The van der Waals surface area contributed by atoms with E-state index in [0.29, 0.717) is 6.07 Å². The molecule has 0 saturated heterocycles. The summed E-state index contributed by atoms with van der Waals surface area (Å²) in [6.45, 7) is -0.687. The third kappa shape index (κ3) is 4.85. The number of nitrogens with two attached hydrogens (primary N) is 1. The number of alkyl halides is 6. The third-order valence-electron chi connectivity index (χ3n) is 5.79. The van der Waals surface area contributed by atoms with Crippen molar-refractivity contribution in [3.63, 3.8) is 0 Å². The Kier molecular flexibility index (Phi) is 7.00. The van der Waals surface area contributed by atoms with Gasteiger partial charge in [0.25, 0.3) is 11.5 Å². The predicted octanol–water partition coefficient (Wildman–Crippen LogP) is 6.39. The van der Waals surface area contributed by atoms with Crippen LogP contribution in [0.25, 0.3) is 10.8 Å². The van der Waals surface area contributed by atoms with E-state index in [1.54, 1.807) is 12.1 Å². The van der Waals surface area contributed by atoms with Crippen LogP contribution < -0.4 is 5.73 Å². The molecule has 1 atom stereocenters. The Morgan fingerprint density at radius 3 is 2.29 bits per heavy atom. The van der Waals surface area contributed by atoms with E-state index in [-0.39, 0.29) is 33.7 Å². The monoisotopic (exact) mass is 578 g/mol. The van der Waals surface area contributed by atoms with Crippen LogP contribution in [0.1, 0.15) is 33.5 Å². The summed E-state index contributed by atoms with van der Waals surface area (Å²) in [6.07, 6.45) is -11.3. The van der Waals surface area contributed by atoms with Gasteiger partial charge >= 0.3 is 18.3 Å². The molecule has 38 heavy (non-hydrogen) atoms. The van der Waals surface area contributed by atoms with Gasteiger partial charge in [0.15, 0.2) is 6.61 Å². The van der Waals surface area contributed by atoms with Crippen molar-refractivity contribution < 1.29 is 45.5 Å². The molecule has 0 aromatic heterocycles. The molecule has 1 heterocycles. The van der Waals surface area contributed by atoms with Crippen molar-refractivity contribution in [2.24, 2.45) is 10.9 Å². The highest BCUT2D eigenvalue weighted by Gasteiger charge is 2.63. The van der Waals surface area contributed by atoms with Crippen molar-refractivity contribution in [3.8, 4) is 0 Å². The van der Waals surface area contributed by atoms with Crippen LogP contribution in [0, 0.1) is 0 Å². The van der Waals surface area contributed by atoms with E-state index in [0.717, 1.165) is 0 Å². The van der Waals surface area contributed by atoms with E-state index in [9.17, 15) is 35.9 Å². The summed E-state index contributed by atoms with van der Waals surface area (Å²) in [4.78, 5) is 28.2. The first kappa shape index (κ1) is 27.5. The number of benzene rings is 3. The number of carbonyl (C=O) groups is 2. The molecule has 1 unspecified atom stereocenters. The van der Waals surface area contributed by atoms with Gasteiger partial charge < -0.3 is 15.3 Å². The Bertz CT molecular complexity index is 1490. The van der Waals surface area contributed by atoms with Crippen LogP contribution in [0.2, 0.25) is 10.0 Å². The van der Waals surface area contributed by atoms with E-state index >= 15 is 0 Å². The molecular formula is C24H14Cl2F6N2O4. The van der Waals surface area contributed by atoms with Crippen LogP contribution in [0.5, 0.6) is 0 Å². The molecule has 0 fully saturated rings. The lowest BCUT2D eigenvalue weighted by atomic mass is 9.84. The highest BCUT2D eigenvalue weighted by molar-refractivity contribution is 6.42. The molecule has 0 spiro atoms. The number of hydrogen-bond donors (Lipinski definition) is 1. The number of nitrogens with zero attached hydrogens (tertiary/aromatic N) is 1. The second-order valence-electron chi connectivity index (χ2n) is 8.20. The quantitative estimate of drug-likeness (QED) is 0.280. The lowest BCUT2D eigenvalue weighted by Crippen LogP contribution is -2.43. The topological polar surface area (TPSA) is 91.0 Å². The Balaban J connectivity index is 1.80. The molecule has 6 nitrogen and oxygen atoms in total. The zero-order valence-corrected chi connectivity index (χ0v) is 20.2. The Morgan fingerprint density at radius 2 is 1.68 bits per heavy atom. The summed E-state index contributed by atoms with van der Waals surface area (Å²) < 4.78 is 88.6. The minimum atomic E-state index is -5.23. The molecule has 3 aromatic rings. The number of rotatable bonds is 5. The summed E-state index contributed by atoms with van der Waals surface area (Å²) in [5, 5.41) is 2.41. The fourth-order valence-electron chi connectivity index (χ4n) is 4.02. The van der Waals surface area contributed by atoms with Gasteiger partial charge in [0.2, 0.25) is 0 Å². The first-order chi connectivity index (χ1) is 17.7. The lowest BCUT2D eigenvalue weighted by molar-refractivity contribution is -0.276. The summed E-state index contributed by atoms with van der Waals surface area (Å²) in [7, 11) is 0. The Morgan fingerprint density at radius 1 is 1.03 bits per heavy atom. The zero-order valence-electron chi connectivity index (χ0n) is 18.7. The van der Waals surface area contributed by atoms with Gasteiger partial charge in [0.1, 0.15) is 0 Å². The minimum absolute atomic E-state index is 0.00787. The fourth-order valence-corrected chi connectivity index (χ4v) is 4.46. The van der Waals surface area contributed by atoms with E-state index in [4.69, 9.17) is 38.5 Å². The normalized spacial score (nSPS) is 17.7. The molecule has 0 aliphatic carbocycles. The van der Waals surface area contributed by atoms with Gasteiger partial charge in [0.05, 0.1) is 26.9 Å². The molecule has 2 N–H and O–H groups in total. The Hall–Kier alpha value is -3.51. The van der Waals surface area contributed by atoms with Crippen molar-refractivity contribution in [1.29, 1.82) is 0 Å². The standard InChI is InChI=1S/C24H14Cl2F6N2O4/c25-17-8-11(7-16(20(17)26)23(27,28)29)22(24(30,31)32)9-18(34-38-22)14-5-6-15(21(36)37-10-19(33)35)13-4-2-1-3-12(13)14/h1-8H,9-10H2,(H2,33,35). The maximum absolute atomic E-state index is 14.4. The minimum Gasteiger partial charge on any atom is -0.452 e. The number of esters is 1. The van der Waals surface area contributed by atoms with E-state index in [2.05, 4.69) is 5.16 Å². The largest absolute Gasteiger partial charge is 0.452 e. The van der Waals surface area contributed by atoms with E-state index in [1.807, 2.05) is 0 Å². The van der Waals surface area contributed by atoms with E-state index < -0.39 is 64.0 Å². The van der Waals surface area contributed by atoms with Crippen molar-refractivity contribution in [3.05, 3.63) is 80.8 Å². The number of halogens is 8. The van der Waals surface area contributed by atoms with Gasteiger partial charge in [-0.15, -0.1) is 0 Å². The summed E-state index contributed by atoms with van der Waals surface area (Å²) in [5.74, 6) is -1.80. The van der Waals surface area contributed by atoms with Crippen molar-refractivity contribution in [1.82, 2.24) is 0 Å². The maximum Gasteiger partial charge on any atom is 0.435 e. The number of primary amides is 1. The first-order valence-electron chi connectivity index (χ1n) is 10.5. The van der Waals surface area contributed by atoms with Crippen LogP contribution >= 0.6 is 23.2 Å². The van der Waals surface area contributed by atoms with Gasteiger partial charge in [-0.1, -0.05) is 58.7 Å². The number of carbonyl (C=O) groups excluding carboxylic acids is 2. The highest BCUT2D eigenvalue weighted by atomic mass is 35.5. The number of ether oxygens (including phenoxy) is 1. The smallest absolute Gasteiger partial charge is 0.435 e. The number of hydrogen-bond acceptors (Lipinski definition) is 5. The molecule has 14 heteroatoms. The van der Waals surface area contributed by atoms with Crippen LogP contribution in [-0.2, 0) is 26.1 Å². The van der Waals surface area contributed by atoms with Crippen LogP contribution in [0.4, 0.5) is 26.3 Å². The number of fused-ring (bicyclic) bond motifs is 1. The van der Waals surface area contributed by atoms with Crippen molar-refractivity contribution >= 4 is 51.6 Å². The summed E-state index contributed by atoms with van der Waals surface area (Å²) >= 11 is 11.4. The van der Waals surface area contributed by atoms with Gasteiger partial charge in [-0.05, 0) is 29.0 Å². The van der Waals surface area contributed by atoms with Crippen LogP contribution in [0.3, 0.4) is 0 Å². The SMILES string of the molecule is NC(=O)COC(=O)c1ccc(C2=NOC(c3cc(Cl)c(Cl)c(C(F)(F)F)c3)(C(F)(F)F)C2)c2ccccc12.